The van der Waals surface area contributed by atoms with Crippen molar-refractivity contribution >= 4 is 29.1 Å². The fourth-order valence-electron chi connectivity index (χ4n) is 2.54. The summed E-state index contributed by atoms with van der Waals surface area (Å²) in [5, 5.41) is 3.15. The molecule has 0 unspecified atom stereocenters. The molecule has 1 N–H and O–H groups in total. The summed E-state index contributed by atoms with van der Waals surface area (Å²) in [5.74, 6) is -0.220. The zero-order valence-corrected chi connectivity index (χ0v) is 13.7. The molecule has 0 spiro atoms. The molecule has 1 aliphatic rings. The molecule has 2 rings (SSSR count). The Labute approximate surface area is 130 Å². The van der Waals surface area contributed by atoms with E-state index in [1.165, 1.54) is 0 Å². The van der Waals surface area contributed by atoms with Gasteiger partial charge < -0.3 is 10.2 Å². The highest BCUT2D eigenvalue weighted by Gasteiger charge is 2.35. The minimum atomic E-state index is -0.498. The number of carbonyl (C=O) groups is 2. The quantitative estimate of drug-likeness (QED) is 0.913. The van der Waals surface area contributed by atoms with Crippen molar-refractivity contribution in [2.45, 2.75) is 34.1 Å². The largest absolute Gasteiger partial charge is 0.352 e. The van der Waals surface area contributed by atoms with Gasteiger partial charge in [-0.3, -0.25) is 9.59 Å². The molecular formula is C16H21ClN2O2. The number of hydrogen-bond donors (Lipinski definition) is 1. The Kier molecular flexibility index (Phi) is 4.28. The first-order valence-corrected chi connectivity index (χ1v) is 7.56. The maximum Gasteiger partial charge on any atom is 0.254 e. The van der Waals surface area contributed by atoms with Gasteiger partial charge in [-0.05, 0) is 25.0 Å². The van der Waals surface area contributed by atoms with E-state index in [0.717, 1.165) is 12.0 Å². The van der Waals surface area contributed by atoms with Crippen molar-refractivity contribution < 1.29 is 9.59 Å². The normalized spacial score (nSPS) is 14.0. The summed E-state index contributed by atoms with van der Waals surface area (Å²) in [5.41, 5.74) is 1.58. The van der Waals surface area contributed by atoms with E-state index in [4.69, 9.17) is 11.6 Å². The van der Waals surface area contributed by atoms with Crippen LogP contribution in [0.2, 0.25) is 5.02 Å². The summed E-state index contributed by atoms with van der Waals surface area (Å²) in [6.45, 7) is 8.61. The van der Waals surface area contributed by atoms with E-state index in [1.54, 1.807) is 11.0 Å². The predicted molar refractivity (Wildman–Crippen MR) is 85.0 cm³/mol. The molecule has 0 fully saturated rings. The molecule has 1 aliphatic heterocycles. The van der Waals surface area contributed by atoms with Gasteiger partial charge in [0.05, 0.1) is 16.3 Å². The van der Waals surface area contributed by atoms with Crippen molar-refractivity contribution in [3.63, 3.8) is 0 Å². The Morgan fingerprint density at radius 2 is 2.00 bits per heavy atom. The lowest BCUT2D eigenvalue weighted by atomic mass is 9.94. The third kappa shape index (κ3) is 2.91. The van der Waals surface area contributed by atoms with Gasteiger partial charge in [-0.25, -0.2) is 0 Å². The van der Waals surface area contributed by atoms with Crippen LogP contribution in [0, 0.1) is 5.41 Å². The maximum atomic E-state index is 12.6. The number of benzene rings is 1. The number of hydrogen-bond acceptors (Lipinski definition) is 2. The van der Waals surface area contributed by atoms with E-state index >= 15 is 0 Å². The molecule has 0 aliphatic carbocycles. The Morgan fingerprint density at radius 1 is 1.33 bits per heavy atom. The van der Waals surface area contributed by atoms with Gasteiger partial charge in [0.2, 0.25) is 5.91 Å². The molecule has 0 radical (unpaired) electrons. The van der Waals surface area contributed by atoms with Crippen LogP contribution in [-0.4, -0.2) is 24.9 Å². The molecule has 0 saturated carbocycles. The lowest BCUT2D eigenvalue weighted by Gasteiger charge is -2.27. The predicted octanol–water partition coefficient (Wildman–Crippen LogP) is 3.02. The van der Waals surface area contributed by atoms with Crippen LogP contribution in [0.4, 0.5) is 5.69 Å². The highest BCUT2D eigenvalue weighted by Crippen LogP contribution is 2.38. The fourth-order valence-corrected chi connectivity index (χ4v) is 2.78. The molecule has 2 amide bonds. The zero-order chi connectivity index (χ0) is 15.8. The van der Waals surface area contributed by atoms with Crippen molar-refractivity contribution in [3.05, 3.63) is 28.3 Å². The van der Waals surface area contributed by atoms with E-state index in [1.807, 2.05) is 33.8 Å². The van der Waals surface area contributed by atoms with Crippen molar-refractivity contribution in [2.24, 2.45) is 5.41 Å². The summed E-state index contributed by atoms with van der Waals surface area (Å²) < 4.78 is 0. The van der Waals surface area contributed by atoms with Crippen LogP contribution in [0.15, 0.2) is 12.1 Å². The van der Waals surface area contributed by atoms with Gasteiger partial charge in [-0.2, -0.15) is 0 Å². The number of anilines is 1. The number of carbonyl (C=O) groups excluding carboxylic acids is 2. The molecule has 5 heteroatoms. The first-order chi connectivity index (χ1) is 9.77. The van der Waals surface area contributed by atoms with Crippen LogP contribution in [0.1, 0.15) is 43.6 Å². The van der Waals surface area contributed by atoms with E-state index in [-0.39, 0.29) is 11.8 Å². The number of amides is 2. The lowest BCUT2D eigenvalue weighted by molar-refractivity contribution is -0.125. The summed E-state index contributed by atoms with van der Waals surface area (Å²) >= 11 is 6.22. The smallest absolute Gasteiger partial charge is 0.254 e. The molecule has 0 bridgehead atoms. The van der Waals surface area contributed by atoms with Crippen LogP contribution in [0.5, 0.6) is 0 Å². The number of halogens is 1. The van der Waals surface area contributed by atoms with Gasteiger partial charge in [-0.15, -0.1) is 0 Å². The van der Waals surface area contributed by atoms with Gasteiger partial charge in [0.25, 0.3) is 5.91 Å². The van der Waals surface area contributed by atoms with Crippen molar-refractivity contribution in [1.29, 1.82) is 0 Å². The molecule has 0 aromatic heterocycles. The highest BCUT2D eigenvalue weighted by atomic mass is 35.5. The minimum absolute atomic E-state index is 0.00839. The summed E-state index contributed by atoms with van der Waals surface area (Å²) in [6.07, 6.45) is 0.751. The summed E-state index contributed by atoms with van der Waals surface area (Å²) in [6, 6.07) is 3.63. The molecule has 0 atom stereocenters. The van der Waals surface area contributed by atoms with Crippen LogP contribution in [0.25, 0.3) is 0 Å². The molecule has 1 aromatic rings. The van der Waals surface area contributed by atoms with Crippen molar-refractivity contribution in [3.8, 4) is 0 Å². The molecular weight excluding hydrogens is 288 g/mol. The monoisotopic (exact) mass is 308 g/mol. The van der Waals surface area contributed by atoms with Gasteiger partial charge in [0.1, 0.15) is 0 Å². The Bertz CT molecular complexity index is 591. The van der Waals surface area contributed by atoms with Crippen LogP contribution in [0.3, 0.4) is 0 Å². The fraction of sp³-hybridized carbons (Fsp3) is 0.500. The van der Waals surface area contributed by atoms with Crippen molar-refractivity contribution in [1.82, 2.24) is 5.32 Å². The second-order valence-corrected chi connectivity index (χ2v) is 6.65. The van der Waals surface area contributed by atoms with Crippen molar-refractivity contribution in [2.75, 3.05) is 18.0 Å². The average molecular weight is 309 g/mol. The Hall–Kier alpha value is -1.55. The first kappa shape index (κ1) is 15.8. The molecule has 0 saturated heterocycles. The highest BCUT2D eigenvalue weighted by molar-refractivity contribution is 6.35. The van der Waals surface area contributed by atoms with Gasteiger partial charge in [0.15, 0.2) is 0 Å². The SMILES string of the molecule is CCNC(=O)c1c(Cl)ccc2c1N(C(=O)C(C)(C)C)CC2. The van der Waals surface area contributed by atoms with E-state index in [9.17, 15) is 9.59 Å². The molecule has 1 aromatic carbocycles. The van der Waals surface area contributed by atoms with Gasteiger partial charge in [0, 0.05) is 18.5 Å². The number of rotatable bonds is 2. The number of fused-ring (bicyclic) bond motifs is 1. The third-order valence-electron chi connectivity index (χ3n) is 3.54. The minimum Gasteiger partial charge on any atom is -0.352 e. The van der Waals surface area contributed by atoms with Crippen LogP contribution >= 0.6 is 11.6 Å². The molecule has 1 heterocycles. The Balaban J connectivity index is 2.53. The molecule has 114 valence electrons. The topological polar surface area (TPSA) is 49.4 Å². The third-order valence-corrected chi connectivity index (χ3v) is 3.85. The Morgan fingerprint density at radius 3 is 2.57 bits per heavy atom. The van der Waals surface area contributed by atoms with Crippen LogP contribution < -0.4 is 10.2 Å². The zero-order valence-electron chi connectivity index (χ0n) is 12.9. The van der Waals surface area contributed by atoms with E-state index < -0.39 is 5.41 Å². The second-order valence-electron chi connectivity index (χ2n) is 6.25. The summed E-state index contributed by atoms with van der Waals surface area (Å²) in [4.78, 5) is 26.6. The molecule has 21 heavy (non-hydrogen) atoms. The van der Waals surface area contributed by atoms with E-state index in [2.05, 4.69) is 5.32 Å². The molecule has 4 nitrogen and oxygen atoms in total. The van der Waals surface area contributed by atoms with Gasteiger partial charge in [-0.1, -0.05) is 38.4 Å². The lowest BCUT2D eigenvalue weighted by Crippen LogP contribution is -2.39. The number of nitrogens with one attached hydrogen (secondary N) is 1. The number of nitrogens with zero attached hydrogens (tertiary/aromatic N) is 1. The average Bonchev–Trinajstić information content (AvgIpc) is 2.80. The first-order valence-electron chi connectivity index (χ1n) is 7.19. The van der Waals surface area contributed by atoms with E-state index in [0.29, 0.717) is 29.4 Å². The maximum absolute atomic E-state index is 12.6. The summed E-state index contributed by atoms with van der Waals surface area (Å²) in [7, 11) is 0. The standard InChI is InChI=1S/C16H21ClN2O2/c1-5-18-14(20)12-11(17)7-6-10-8-9-19(13(10)12)15(21)16(2,3)4/h6-7H,5,8-9H2,1-4H3,(H,18,20). The van der Waals surface area contributed by atoms with Crippen LogP contribution in [-0.2, 0) is 11.2 Å². The van der Waals surface area contributed by atoms with Gasteiger partial charge >= 0.3 is 0 Å². The second kappa shape index (κ2) is 5.68.